The highest BCUT2D eigenvalue weighted by Gasteiger charge is 2.12. The minimum Gasteiger partial charge on any atom is -0.313 e. The van der Waals surface area contributed by atoms with Crippen LogP contribution >= 0.6 is 0 Å². The maximum atomic E-state index is 6.72. The van der Waals surface area contributed by atoms with Gasteiger partial charge in [0.05, 0.1) is 0 Å². The van der Waals surface area contributed by atoms with Crippen LogP contribution in [0.2, 0.25) is 0 Å². The second-order valence-electron chi connectivity index (χ2n) is 2.35. The molecule has 8 heavy (non-hydrogen) atoms. The van der Waals surface area contributed by atoms with Crippen LogP contribution in [0.5, 0.6) is 0 Å². The maximum absolute atomic E-state index is 6.72. The normalized spacial score (nSPS) is 13.4. The predicted octanol–water partition coefficient (Wildman–Crippen LogP) is 2.34. The first-order valence-corrected chi connectivity index (χ1v) is 3.09. The zero-order chi connectivity index (χ0) is 6.57. The van der Waals surface area contributed by atoms with Crippen molar-refractivity contribution in [2.45, 2.75) is 33.2 Å². The minimum absolute atomic E-state index is 0.245. The van der Waals surface area contributed by atoms with Gasteiger partial charge in [0.25, 0.3) is 0 Å². The van der Waals surface area contributed by atoms with E-state index < -0.39 is 0 Å². The van der Waals surface area contributed by atoms with E-state index in [1.807, 2.05) is 0 Å². The Morgan fingerprint density at radius 1 is 1.50 bits per heavy atom. The molecule has 0 aliphatic rings. The Bertz CT molecular complexity index is 89.1. The number of hydrogen-bond acceptors (Lipinski definition) is 0. The first-order valence-electron chi connectivity index (χ1n) is 3.09. The van der Waals surface area contributed by atoms with Crippen molar-refractivity contribution < 1.29 is 0 Å². The summed E-state index contributed by atoms with van der Waals surface area (Å²) in [5.41, 5.74) is 0. The van der Waals surface area contributed by atoms with E-state index in [0.717, 1.165) is 6.42 Å². The second kappa shape index (κ2) is 3.49. The Morgan fingerprint density at radius 3 is 2.00 bits per heavy atom. The number of rotatable bonds is 2. The Morgan fingerprint density at radius 2 is 2.00 bits per heavy atom. The van der Waals surface area contributed by atoms with Crippen LogP contribution in [-0.4, -0.2) is 6.04 Å². The Kier molecular flexibility index (Phi) is 3.26. The van der Waals surface area contributed by atoms with Crippen LogP contribution in [0.1, 0.15) is 27.2 Å². The van der Waals surface area contributed by atoms with Gasteiger partial charge in [0.15, 0.2) is 0 Å². The lowest BCUT2D eigenvalue weighted by molar-refractivity contribution is 0.538. The van der Waals surface area contributed by atoms with E-state index in [-0.39, 0.29) is 6.04 Å². The van der Waals surface area contributed by atoms with Crippen molar-refractivity contribution in [1.82, 2.24) is 0 Å². The monoisotopic (exact) mass is 111 g/mol. The molecule has 0 amide bonds. The maximum Gasteiger partial charge on any atom is 0.225 e. The van der Waals surface area contributed by atoms with E-state index in [1.54, 1.807) is 0 Å². The minimum atomic E-state index is 0.245. The van der Waals surface area contributed by atoms with Crippen molar-refractivity contribution >= 4 is 0 Å². The van der Waals surface area contributed by atoms with Crippen molar-refractivity contribution in [3.8, 4) is 0 Å². The lowest BCUT2D eigenvalue weighted by Crippen LogP contribution is -2.07. The molecule has 0 bridgehead atoms. The molecule has 0 fully saturated rings. The summed E-state index contributed by atoms with van der Waals surface area (Å²) in [5, 5.41) is 0. The van der Waals surface area contributed by atoms with Gasteiger partial charge in [0.1, 0.15) is 0 Å². The van der Waals surface area contributed by atoms with Crippen molar-refractivity contribution in [1.29, 1.82) is 0 Å². The smallest absolute Gasteiger partial charge is 0.225 e. The fourth-order valence-electron chi connectivity index (χ4n) is 0.712. The van der Waals surface area contributed by atoms with Gasteiger partial charge in [-0.25, -0.2) is 6.57 Å². The summed E-state index contributed by atoms with van der Waals surface area (Å²) in [6.45, 7) is 13.0. The molecule has 0 saturated heterocycles. The molecule has 46 valence electrons. The van der Waals surface area contributed by atoms with E-state index in [2.05, 4.69) is 25.6 Å². The molecule has 0 N–H and O–H groups in total. The molecule has 0 radical (unpaired) electrons. The van der Waals surface area contributed by atoms with Crippen molar-refractivity contribution in [3.63, 3.8) is 0 Å². The highest BCUT2D eigenvalue weighted by atomic mass is 14.7. The average Bonchev–Trinajstić information content (AvgIpc) is 1.69. The predicted molar refractivity (Wildman–Crippen MR) is 35.5 cm³/mol. The first kappa shape index (κ1) is 7.49. The standard InChI is InChI=1S/C7H13N/c1-5-7(8-4)6(2)3/h6-7H,5H2,1-3H3. The van der Waals surface area contributed by atoms with Crippen molar-refractivity contribution in [2.75, 3.05) is 0 Å². The van der Waals surface area contributed by atoms with Gasteiger partial charge in [-0.15, -0.1) is 0 Å². The summed E-state index contributed by atoms with van der Waals surface area (Å²) in [4.78, 5) is 3.46. The van der Waals surface area contributed by atoms with Crippen LogP contribution in [0.15, 0.2) is 0 Å². The van der Waals surface area contributed by atoms with E-state index in [9.17, 15) is 0 Å². The van der Waals surface area contributed by atoms with E-state index in [0.29, 0.717) is 5.92 Å². The Labute approximate surface area is 51.5 Å². The molecule has 0 aromatic carbocycles. The van der Waals surface area contributed by atoms with Gasteiger partial charge in [-0.2, -0.15) is 0 Å². The highest BCUT2D eigenvalue weighted by Crippen LogP contribution is 2.08. The summed E-state index contributed by atoms with van der Waals surface area (Å²) < 4.78 is 0. The second-order valence-corrected chi connectivity index (χ2v) is 2.35. The van der Waals surface area contributed by atoms with E-state index in [4.69, 9.17) is 6.57 Å². The molecule has 0 spiro atoms. The third-order valence-electron chi connectivity index (χ3n) is 1.35. The van der Waals surface area contributed by atoms with Gasteiger partial charge >= 0.3 is 0 Å². The van der Waals surface area contributed by atoms with Crippen molar-refractivity contribution in [2.24, 2.45) is 5.92 Å². The molecule has 1 heteroatoms. The van der Waals surface area contributed by atoms with Crippen molar-refractivity contribution in [3.05, 3.63) is 11.4 Å². The lowest BCUT2D eigenvalue weighted by atomic mass is 10.0. The van der Waals surface area contributed by atoms with Crippen LogP contribution in [-0.2, 0) is 0 Å². The molecular weight excluding hydrogens is 98.1 g/mol. The molecule has 0 heterocycles. The molecule has 0 aliphatic heterocycles. The summed E-state index contributed by atoms with van der Waals surface area (Å²) in [7, 11) is 0. The van der Waals surface area contributed by atoms with E-state index >= 15 is 0 Å². The van der Waals surface area contributed by atoms with Crippen LogP contribution in [0.4, 0.5) is 0 Å². The zero-order valence-corrected chi connectivity index (χ0v) is 5.81. The quantitative estimate of drug-likeness (QED) is 0.482. The molecule has 0 rings (SSSR count). The highest BCUT2D eigenvalue weighted by molar-refractivity contribution is 4.79. The fraction of sp³-hybridized carbons (Fsp3) is 0.857. The van der Waals surface area contributed by atoms with E-state index in [1.165, 1.54) is 0 Å². The Hall–Kier alpha value is -0.510. The first-order chi connectivity index (χ1) is 3.72. The van der Waals surface area contributed by atoms with Gasteiger partial charge in [0, 0.05) is 12.3 Å². The Balaban J connectivity index is 3.57. The zero-order valence-electron chi connectivity index (χ0n) is 5.81. The van der Waals surface area contributed by atoms with Crippen LogP contribution in [0.3, 0.4) is 0 Å². The SMILES string of the molecule is [C-]#[N+]C(CC)C(C)C. The summed E-state index contributed by atoms with van der Waals surface area (Å²) >= 11 is 0. The van der Waals surface area contributed by atoms with Crippen LogP contribution in [0, 0.1) is 12.5 Å². The topological polar surface area (TPSA) is 4.36 Å². The summed E-state index contributed by atoms with van der Waals surface area (Å²) in [6, 6.07) is 0.245. The lowest BCUT2D eigenvalue weighted by Gasteiger charge is -2.03. The molecule has 1 nitrogen and oxygen atoms in total. The van der Waals surface area contributed by atoms with Gasteiger partial charge in [-0.05, 0) is 0 Å². The molecule has 0 aromatic rings. The summed E-state index contributed by atoms with van der Waals surface area (Å²) in [6.07, 6.45) is 0.987. The average molecular weight is 111 g/mol. The molecule has 1 atom stereocenters. The fourth-order valence-corrected chi connectivity index (χ4v) is 0.712. The molecular formula is C7H13N. The third kappa shape index (κ3) is 1.97. The number of nitrogens with zero attached hydrogens (tertiary/aromatic N) is 1. The van der Waals surface area contributed by atoms with Gasteiger partial charge < -0.3 is 4.85 Å². The molecule has 0 aromatic heterocycles. The molecule has 1 unspecified atom stereocenters. The van der Waals surface area contributed by atoms with Gasteiger partial charge in [0.2, 0.25) is 6.04 Å². The van der Waals surface area contributed by atoms with Crippen LogP contribution < -0.4 is 0 Å². The molecule has 0 aliphatic carbocycles. The third-order valence-corrected chi connectivity index (χ3v) is 1.35. The largest absolute Gasteiger partial charge is 0.313 e. The molecule has 0 saturated carbocycles. The van der Waals surface area contributed by atoms with Gasteiger partial charge in [-0.1, -0.05) is 20.8 Å². The number of hydrogen-bond donors (Lipinski definition) is 0. The summed E-state index contributed by atoms with van der Waals surface area (Å²) in [5.74, 6) is 0.525. The van der Waals surface area contributed by atoms with Crippen LogP contribution in [0.25, 0.3) is 4.85 Å². The van der Waals surface area contributed by atoms with Gasteiger partial charge in [-0.3, -0.25) is 0 Å².